The maximum absolute atomic E-state index is 13.4. The number of halogens is 1. The number of carbonyl (C=O) groups excluding carboxylic acids is 2. The lowest BCUT2D eigenvalue weighted by atomic mass is 9.87. The van der Waals surface area contributed by atoms with Gasteiger partial charge in [0.15, 0.2) is 0 Å². The Balaban J connectivity index is 2.05. The van der Waals surface area contributed by atoms with E-state index in [0.717, 1.165) is 5.56 Å². The molecule has 0 unspecified atom stereocenters. The molecule has 30 heavy (non-hydrogen) atoms. The first-order chi connectivity index (χ1) is 14.2. The minimum Gasteiger partial charge on any atom is -0.469 e. The lowest BCUT2D eigenvalue weighted by Crippen LogP contribution is -2.55. The number of carbonyl (C=O) groups is 2. The molecule has 1 aromatic rings. The van der Waals surface area contributed by atoms with Gasteiger partial charge in [0, 0.05) is 17.1 Å². The minimum atomic E-state index is -0.627. The highest BCUT2D eigenvalue weighted by molar-refractivity contribution is 6.30. The number of hydrogen-bond acceptors (Lipinski definition) is 5. The second-order valence-electron chi connectivity index (χ2n) is 8.66. The second-order valence-corrected chi connectivity index (χ2v) is 9.10. The number of esters is 1. The molecule has 162 valence electrons. The van der Waals surface area contributed by atoms with Crippen molar-refractivity contribution in [1.82, 2.24) is 10.2 Å². The quantitative estimate of drug-likeness (QED) is 0.571. The van der Waals surface area contributed by atoms with Crippen LogP contribution in [-0.2, 0) is 19.1 Å². The Morgan fingerprint density at radius 3 is 2.57 bits per heavy atom. The molecule has 1 fully saturated rings. The molecule has 2 aliphatic rings. The summed E-state index contributed by atoms with van der Waals surface area (Å²) in [7, 11) is 1.36. The molecule has 0 aromatic heterocycles. The summed E-state index contributed by atoms with van der Waals surface area (Å²) in [5, 5.41) is 3.67. The van der Waals surface area contributed by atoms with Gasteiger partial charge in [-0.05, 0) is 38.5 Å². The predicted molar refractivity (Wildman–Crippen MR) is 116 cm³/mol. The summed E-state index contributed by atoms with van der Waals surface area (Å²) in [6, 6.07) is 6.23. The van der Waals surface area contributed by atoms with E-state index in [4.69, 9.17) is 21.1 Å². The summed E-state index contributed by atoms with van der Waals surface area (Å²) in [6.07, 6.45) is 4.70. The van der Waals surface area contributed by atoms with Crippen LogP contribution >= 0.6 is 11.6 Å². The van der Waals surface area contributed by atoms with E-state index in [-0.39, 0.29) is 24.0 Å². The van der Waals surface area contributed by atoms with Gasteiger partial charge >= 0.3 is 5.97 Å². The first kappa shape index (κ1) is 22.5. The van der Waals surface area contributed by atoms with Crippen LogP contribution in [0.25, 0.3) is 0 Å². The van der Waals surface area contributed by atoms with Crippen LogP contribution in [0.4, 0.5) is 0 Å². The number of methoxy groups -OCH3 is 1. The SMILES string of the molecule is C=C[C@@H]1O[C@@H]2C=CCN([C@@H](C(=O)NC(C)(C)C)c3ccc(Cl)cc3)[C@H]2[C@@H]1C(=O)OC. The molecule has 5 atom stereocenters. The first-order valence-electron chi connectivity index (χ1n) is 10.0. The third kappa shape index (κ3) is 4.61. The van der Waals surface area contributed by atoms with Gasteiger partial charge in [-0.1, -0.05) is 42.0 Å². The van der Waals surface area contributed by atoms with E-state index in [1.807, 2.05) is 50.0 Å². The van der Waals surface area contributed by atoms with E-state index < -0.39 is 23.6 Å². The van der Waals surface area contributed by atoms with Gasteiger partial charge < -0.3 is 14.8 Å². The van der Waals surface area contributed by atoms with Gasteiger partial charge in [0.05, 0.1) is 25.4 Å². The summed E-state index contributed by atoms with van der Waals surface area (Å²) in [5.74, 6) is -1.11. The highest BCUT2D eigenvalue weighted by atomic mass is 35.5. The van der Waals surface area contributed by atoms with Gasteiger partial charge in [-0.25, -0.2) is 0 Å². The van der Waals surface area contributed by atoms with Gasteiger partial charge in [-0.15, -0.1) is 6.58 Å². The molecule has 2 heterocycles. The number of nitrogens with one attached hydrogen (secondary N) is 1. The standard InChI is InChI=1S/C23H29ClN2O4/c1-6-16-18(22(28)29-5)20-17(30-16)8-7-13-26(20)19(21(27)25-23(2,3)4)14-9-11-15(24)12-10-14/h6-12,16-20H,1,13H2,2-5H3,(H,25,27)/t16-,17+,18+,19+,20+/m0/s1. The van der Waals surface area contributed by atoms with Crippen molar-refractivity contribution in [2.75, 3.05) is 13.7 Å². The van der Waals surface area contributed by atoms with E-state index in [9.17, 15) is 9.59 Å². The Kier molecular flexibility index (Phi) is 6.70. The van der Waals surface area contributed by atoms with E-state index in [1.54, 1.807) is 18.2 Å². The van der Waals surface area contributed by atoms with Crippen LogP contribution in [0.5, 0.6) is 0 Å². The molecule has 1 aromatic carbocycles. The van der Waals surface area contributed by atoms with Gasteiger partial charge in [0.2, 0.25) is 5.91 Å². The molecule has 3 rings (SSSR count). The van der Waals surface area contributed by atoms with Gasteiger partial charge in [-0.2, -0.15) is 0 Å². The van der Waals surface area contributed by atoms with Gasteiger partial charge in [0.1, 0.15) is 12.0 Å². The number of amides is 1. The fraction of sp³-hybridized carbons (Fsp3) is 0.478. The Bertz CT molecular complexity index is 831. The maximum atomic E-state index is 13.4. The van der Waals surface area contributed by atoms with Crippen molar-refractivity contribution in [3.05, 3.63) is 59.7 Å². The van der Waals surface area contributed by atoms with Crippen LogP contribution in [0.3, 0.4) is 0 Å². The van der Waals surface area contributed by atoms with Crippen molar-refractivity contribution < 1.29 is 19.1 Å². The minimum absolute atomic E-state index is 0.149. The number of hydrogen-bond donors (Lipinski definition) is 1. The van der Waals surface area contributed by atoms with Gasteiger partial charge in [0.25, 0.3) is 0 Å². The molecule has 1 N–H and O–H groups in total. The molecule has 6 nitrogen and oxygen atoms in total. The fourth-order valence-electron chi connectivity index (χ4n) is 4.20. The maximum Gasteiger partial charge on any atom is 0.313 e. The average Bonchev–Trinajstić information content (AvgIpc) is 3.07. The Hall–Kier alpha value is -2.15. The van der Waals surface area contributed by atoms with Crippen LogP contribution in [0.1, 0.15) is 32.4 Å². The molecule has 0 radical (unpaired) electrons. The smallest absolute Gasteiger partial charge is 0.313 e. The van der Waals surface area contributed by atoms with Crippen LogP contribution in [0.15, 0.2) is 49.1 Å². The van der Waals surface area contributed by atoms with Crippen molar-refractivity contribution in [1.29, 1.82) is 0 Å². The van der Waals surface area contributed by atoms with Crippen molar-refractivity contribution in [3.63, 3.8) is 0 Å². The van der Waals surface area contributed by atoms with E-state index in [2.05, 4.69) is 11.9 Å². The Morgan fingerprint density at radius 1 is 1.33 bits per heavy atom. The zero-order valence-electron chi connectivity index (χ0n) is 17.8. The molecule has 1 amide bonds. The zero-order chi connectivity index (χ0) is 22.1. The monoisotopic (exact) mass is 432 g/mol. The number of nitrogens with zero attached hydrogens (tertiary/aromatic N) is 1. The highest BCUT2D eigenvalue weighted by Gasteiger charge is 2.53. The van der Waals surface area contributed by atoms with Crippen molar-refractivity contribution in [2.45, 2.75) is 50.6 Å². The first-order valence-corrected chi connectivity index (χ1v) is 10.4. The molecule has 0 spiro atoms. The van der Waals surface area contributed by atoms with Crippen LogP contribution in [0.2, 0.25) is 5.02 Å². The van der Waals surface area contributed by atoms with Crippen molar-refractivity contribution in [3.8, 4) is 0 Å². The normalized spacial score (nSPS) is 27.2. The summed E-state index contributed by atoms with van der Waals surface area (Å²) in [6.45, 7) is 10.1. The summed E-state index contributed by atoms with van der Waals surface area (Å²) < 4.78 is 11.1. The van der Waals surface area contributed by atoms with E-state index in [1.165, 1.54) is 7.11 Å². The second kappa shape index (κ2) is 8.92. The van der Waals surface area contributed by atoms with Crippen LogP contribution in [0, 0.1) is 5.92 Å². The summed E-state index contributed by atoms with van der Waals surface area (Å²) in [4.78, 5) is 28.1. The average molecular weight is 433 g/mol. The Labute approximate surface area is 182 Å². The molecule has 2 aliphatic heterocycles. The molecule has 0 aliphatic carbocycles. The van der Waals surface area contributed by atoms with Crippen LogP contribution < -0.4 is 5.32 Å². The third-order valence-corrected chi connectivity index (χ3v) is 5.62. The number of rotatable bonds is 5. The topological polar surface area (TPSA) is 67.9 Å². The molecule has 0 saturated carbocycles. The van der Waals surface area contributed by atoms with E-state index >= 15 is 0 Å². The molecular formula is C23H29ClN2O4. The molecule has 1 saturated heterocycles. The van der Waals surface area contributed by atoms with E-state index in [0.29, 0.717) is 11.6 Å². The third-order valence-electron chi connectivity index (χ3n) is 5.37. The molecular weight excluding hydrogens is 404 g/mol. The number of ether oxygens (including phenoxy) is 2. The Morgan fingerprint density at radius 2 is 2.00 bits per heavy atom. The highest BCUT2D eigenvalue weighted by Crippen LogP contribution is 2.40. The predicted octanol–water partition coefficient (Wildman–Crippen LogP) is 3.28. The summed E-state index contributed by atoms with van der Waals surface area (Å²) in [5.41, 5.74) is 0.380. The molecule has 0 bridgehead atoms. The van der Waals surface area contributed by atoms with Gasteiger partial charge in [-0.3, -0.25) is 14.5 Å². The number of benzene rings is 1. The zero-order valence-corrected chi connectivity index (χ0v) is 18.6. The number of fused-ring (bicyclic) bond motifs is 1. The van der Waals surface area contributed by atoms with Crippen molar-refractivity contribution >= 4 is 23.5 Å². The largest absolute Gasteiger partial charge is 0.469 e. The van der Waals surface area contributed by atoms with Crippen molar-refractivity contribution in [2.24, 2.45) is 5.92 Å². The summed E-state index contributed by atoms with van der Waals surface area (Å²) >= 11 is 6.08. The fourth-order valence-corrected chi connectivity index (χ4v) is 4.33. The lowest BCUT2D eigenvalue weighted by Gasteiger charge is -2.41. The van der Waals surface area contributed by atoms with Crippen LogP contribution in [-0.4, -0.2) is 54.2 Å². The lowest BCUT2D eigenvalue weighted by molar-refractivity contribution is -0.149. The molecule has 7 heteroatoms.